The standard InChI is InChI=1S/C29H42N6O/c1-20(2)35-25-13-23(22-7-8-27(31-17-22)34-11-9-30-10-12-34)14-26(24(25)18-32-35)36-19-21-15-28(3,4)33-29(5,6)16-21/h7-8,13-14,17-18,20-21,30,33H,9-12,15-16,19H2,1-6H3. The van der Waals surface area contributed by atoms with Crippen LogP contribution in [0.2, 0.25) is 0 Å². The summed E-state index contributed by atoms with van der Waals surface area (Å²) in [6.07, 6.45) is 6.15. The zero-order chi connectivity index (χ0) is 25.5. The van der Waals surface area contributed by atoms with E-state index in [0.29, 0.717) is 12.5 Å². The van der Waals surface area contributed by atoms with Crippen LogP contribution in [0.25, 0.3) is 22.0 Å². The lowest BCUT2D eigenvalue weighted by Crippen LogP contribution is -2.58. The molecular formula is C29H42N6O. The van der Waals surface area contributed by atoms with Gasteiger partial charge in [-0.05, 0) is 90.1 Å². The van der Waals surface area contributed by atoms with Crippen molar-refractivity contribution in [2.45, 2.75) is 71.5 Å². The van der Waals surface area contributed by atoms with Crippen molar-refractivity contribution in [1.29, 1.82) is 0 Å². The first-order valence-corrected chi connectivity index (χ1v) is 13.5. The summed E-state index contributed by atoms with van der Waals surface area (Å²) in [5, 5.41) is 13.0. The normalized spacial score (nSPS) is 20.2. The molecule has 4 heterocycles. The van der Waals surface area contributed by atoms with E-state index in [1.807, 2.05) is 12.4 Å². The zero-order valence-corrected chi connectivity index (χ0v) is 22.8. The van der Waals surface area contributed by atoms with Crippen LogP contribution in [0.1, 0.15) is 60.4 Å². The molecule has 2 aromatic heterocycles. The van der Waals surface area contributed by atoms with Gasteiger partial charge in [0.2, 0.25) is 0 Å². The van der Waals surface area contributed by atoms with Gasteiger partial charge in [-0.15, -0.1) is 0 Å². The fourth-order valence-corrected chi connectivity index (χ4v) is 6.31. The molecule has 2 fully saturated rings. The van der Waals surface area contributed by atoms with Gasteiger partial charge >= 0.3 is 0 Å². The van der Waals surface area contributed by atoms with Crippen LogP contribution in [0.4, 0.5) is 5.82 Å². The molecule has 0 saturated carbocycles. The maximum atomic E-state index is 6.60. The van der Waals surface area contributed by atoms with Crippen molar-refractivity contribution in [2.75, 3.05) is 37.7 Å². The van der Waals surface area contributed by atoms with E-state index in [1.54, 1.807) is 0 Å². The van der Waals surface area contributed by atoms with E-state index in [2.05, 4.69) is 86.0 Å². The highest BCUT2D eigenvalue weighted by atomic mass is 16.5. The molecule has 2 aliphatic rings. The maximum Gasteiger partial charge on any atom is 0.130 e. The lowest BCUT2D eigenvalue weighted by molar-refractivity contribution is 0.0940. The van der Waals surface area contributed by atoms with Gasteiger partial charge in [0.25, 0.3) is 0 Å². The Balaban J connectivity index is 1.44. The quantitative estimate of drug-likeness (QED) is 0.506. The molecule has 0 radical (unpaired) electrons. The van der Waals surface area contributed by atoms with Crippen molar-refractivity contribution in [3.05, 3.63) is 36.7 Å². The first-order valence-electron chi connectivity index (χ1n) is 13.5. The number of hydrogen-bond acceptors (Lipinski definition) is 6. The Morgan fingerprint density at radius 3 is 2.36 bits per heavy atom. The molecule has 194 valence electrons. The molecule has 1 aromatic carbocycles. The Labute approximate surface area is 215 Å². The van der Waals surface area contributed by atoms with Crippen molar-refractivity contribution >= 4 is 16.7 Å². The fourth-order valence-electron chi connectivity index (χ4n) is 6.31. The van der Waals surface area contributed by atoms with Crippen molar-refractivity contribution < 1.29 is 4.74 Å². The average molecular weight is 491 g/mol. The topological polar surface area (TPSA) is 67.2 Å². The molecule has 36 heavy (non-hydrogen) atoms. The van der Waals surface area contributed by atoms with Gasteiger partial charge < -0.3 is 20.3 Å². The third kappa shape index (κ3) is 5.37. The van der Waals surface area contributed by atoms with Crippen LogP contribution in [0.3, 0.4) is 0 Å². The molecule has 0 bridgehead atoms. The summed E-state index contributed by atoms with van der Waals surface area (Å²) in [4.78, 5) is 7.15. The third-order valence-corrected chi connectivity index (χ3v) is 7.44. The molecule has 0 spiro atoms. The van der Waals surface area contributed by atoms with Crippen LogP contribution in [0.5, 0.6) is 5.75 Å². The Bertz CT molecular complexity index is 1170. The Morgan fingerprint density at radius 1 is 1.00 bits per heavy atom. The minimum absolute atomic E-state index is 0.104. The Morgan fingerprint density at radius 2 is 1.72 bits per heavy atom. The minimum Gasteiger partial charge on any atom is -0.493 e. The molecular weight excluding hydrogens is 448 g/mol. The molecule has 0 amide bonds. The summed E-state index contributed by atoms with van der Waals surface area (Å²) < 4.78 is 8.69. The number of hydrogen-bond donors (Lipinski definition) is 2. The number of piperazine rings is 1. The number of ether oxygens (including phenoxy) is 1. The molecule has 7 heteroatoms. The van der Waals surface area contributed by atoms with Crippen LogP contribution in [0.15, 0.2) is 36.7 Å². The smallest absolute Gasteiger partial charge is 0.130 e. The summed E-state index contributed by atoms with van der Waals surface area (Å²) in [6, 6.07) is 9.00. The second kappa shape index (κ2) is 9.67. The highest BCUT2D eigenvalue weighted by Crippen LogP contribution is 2.37. The van der Waals surface area contributed by atoms with E-state index < -0.39 is 0 Å². The lowest BCUT2D eigenvalue weighted by Gasteiger charge is -2.46. The fraction of sp³-hybridized carbons (Fsp3) is 0.586. The zero-order valence-electron chi connectivity index (χ0n) is 22.8. The Hall–Kier alpha value is -2.64. The number of benzene rings is 1. The van der Waals surface area contributed by atoms with Gasteiger partial charge in [-0.25, -0.2) is 4.98 Å². The number of nitrogens with one attached hydrogen (secondary N) is 2. The van der Waals surface area contributed by atoms with Gasteiger partial charge in [0.1, 0.15) is 11.6 Å². The van der Waals surface area contributed by atoms with Gasteiger partial charge in [-0.3, -0.25) is 4.68 Å². The molecule has 3 aromatic rings. The summed E-state index contributed by atoms with van der Waals surface area (Å²) in [5.41, 5.74) is 3.53. The average Bonchev–Trinajstić information content (AvgIpc) is 3.26. The molecule has 0 atom stereocenters. The van der Waals surface area contributed by atoms with Crippen LogP contribution in [-0.4, -0.2) is 58.6 Å². The first-order chi connectivity index (χ1) is 17.1. The van der Waals surface area contributed by atoms with Gasteiger partial charge in [-0.1, -0.05) is 0 Å². The molecule has 7 nitrogen and oxygen atoms in total. The van der Waals surface area contributed by atoms with E-state index in [1.165, 1.54) is 0 Å². The van der Waals surface area contributed by atoms with Crippen LogP contribution in [-0.2, 0) is 0 Å². The van der Waals surface area contributed by atoms with E-state index >= 15 is 0 Å². The summed E-state index contributed by atoms with van der Waals surface area (Å²) in [6.45, 7) is 18.2. The lowest BCUT2D eigenvalue weighted by atomic mass is 9.76. The number of nitrogens with zero attached hydrogens (tertiary/aromatic N) is 4. The van der Waals surface area contributed by atoms with E-state index in [0.717, 1.165) is 72.6 Å². The maximum absolute atomic E-state index is 6.60. The van der Waals surface area contributed by atoms with Crippen LogP contribution in [0, 0.1) is 5.92 Å². The first kappa shape index (κ1) is 25.0. The highest BCUT2D eigenvalue weighted by Gasteiger charge is 2.37. The third-order valence-electron chi connectivity index (χ3n) is 7.44. The van der Waals surface area contributed by atoms with Gasteiger partial charge in [0.15, 0.2) is 0 Å². The number of piperidine rings is 1. The van der Waals surface area contributed by atoms with Crippen molar-refractivity contribution in [3.8, 4) is 16.9 Å². The van der Waals surface area contributed by atoms with E-state index in [9.17, 15) is 0 Å². The van der Waals surface area contributed by atoms with Crippen molar-refractivity contribution in [3.63, 3.8) is 0 Å². The van der Waals surface area contributed by atoms with Gasteiger partial charge in [0.05, 0.1) is 23.7 Å². The number of fused-ring (bicyclic) bond motifs is 1. The van der Waals surface area contributed by atoms with Gasteiger partial charge in [0, 0.05) is 55.1 Å². The largest absolute Gasteiger partial charge is 0.493 e. The molecule has 2 aliphatic heterocycles. The number of pyridine rings is 1. The SMILES string of the molecule is CC(C)n1ncc2c(OCC3CC(C)(C)NC(C)(C)C3)cc(-c3ccc(N4CCNCC4)nc3)cc21. The highest BCUT2D eigenvalue weighted by molar-refractivity contribution is 5.90. The number of anilines is 1. The summed E-state index contributed by atoms with van der Waals surface area (Å²) in [5.74, 6) is 2.45. The van der Waals surface area contributed by atoms with Crippen molar-refractivity contribution in [2.24, 2.45) is 5.92 Å². The number of rotatable bonds is 6. The Kier molecular flexibility index (Phi) is 6.72. The molecule has 0 aliphatic carbocycles. The van der Waals surface area contributed by atoms with Crippen molar-refractivity contribution in [1.82, 2.24) is 25.4 Å². The van der Waals surface area contributed by atoms with Gasteiger partial charge in [-0.2, -0.15) is 5.10 Å². The predicted octanol–water partition coefficient (Wildman–Crippen LogP) is 5.02. The van der Waals surface area contributed by atoms with Crippen LogP contribution >= 0.6 is 0 Å². The summed E-state index contributed by atoms with van der Waals surface area (Å²) in [7, 11) is 0. The minimum atomic E-state index is 0.104. The molecule has 2 saturated heterocycles. The van der Waals surface area contributed by atoms with E-state index in [4.69, 9.17) is 14.8 Å². The monoisotopic (exact) mass is 490 g/mol. The number of aromatic nitrogens is 3. The van der Waals surface area contributed by atoms with Crippen LogP contribution < -0.4 is 20.3 Å². The predicted molar refractivity (Wildman–Crippen MR) is 148 cm³/mol. The second-order valence-electron chi connectivity index (χ2n) is 12.2. The molecule has 0 unspecified atom stereocenters. The second-order valence-corrected chi connectivity index (χ2v) is 12.2. The molecule has 2 N–H and O–H groups in total. The van der Waals surface area contributed by atoms with E-state index in [-0.39, 0.29) is 17.1 Å². The molecule has 5 rings (SSSR count). The summed E-state index contributed by atoms with van der Waals surface area (Å²) >= 11 is 0.